The number of hydrogen-bond acceptors (Lipinski definition) is 1. The molecular weight excluding hydrogens is 209 g/mol. The third kappa shape index (κ3) is 2.01. The number of nitrogens with two attached hydrogens (primary N) is 1. The fourth-order valence-corrected chi connectivity index (χ4v) is 1.39. The molecule has 60 valence electrons. The van der Waals surface area contributed by atoms with Crippen LogP contribution in [0.15, 0.2) is 28.7 Å². The van der Waals surface area contributed by atoms with Gasteiger partial charge in [0.1, 0.15) is 6.17 Å². The van der Waals surface area contributed by atoms with E-state index in [0.29, 0.717) is 5.56 Å². The number of halogens is 2. The van der Waals surface area contributed by atoms with Crippen LogP contribution in [0.2, 0.25) is 0 Å². The molecule has 0 amide bonds. The van der Waals surface area contributed by atoms with Gasteiger partial charge in [-0.15, -0.1) is 0 Å². The third-order valence-electron chi connectivity index (χ3n) is 1.45. The number of rotatable bonds is 2. The van der Waals surface area contributed by atoms with Gasteiger partial charge in [-0.2, -0.15) is 0 Å². The molecule has 2 N–H and O–H groups in total. The van der Waals surface area contributed by atoms with Crippen LogP contribution in [0.4, 0.5) is 4.39 Å². The summed E-state index contributed by atoms with van der Waals surface area (Å²) in [4.78, 5) is 0. The molecule has 0 saturated heterocycles. The largest absolute Gasteiger partial charge is 0.327 e. The van der Waals surface area contributed by atoms with Crippen LogP contribution < -0.4 is 5.73 Å². The standard InChI is InChI=1S/C8H9BrFN/c9-7-4-2-1-3-6(7)8(10)5-11/h1-4,8H,5,11H2. The summed E-state index contributed by atoms with van der Waals surface area (Å²) in [5.41, 5.74) is 5.80. The van der Waals surface area contributed by atoms with Crippen LogP contribution in [-0.4, -0.2) is 6.54 Å². The van der Waals surface area contributed by atoms with Crippen molar-refractivity contribution in [3.8, 4) is 0 Å². The lowest BCUT2D eigenvalue weighted by Gasteiger charge is -2.06. The van der Waals surface area contributed by atoms with Gasteiger partial charge in [-0.05, 0) is 6.07 Å². The fourth-order valence-electron chi connectivity index (χ4n) is 0.856. The monoisotopic (exact) mass is 217 g/mol. The second-order valence-corrected chi connectivity index (χ2v) is 3.08. The summed E-state index contributed by atoms with van der Waals surface area (Å²) in [6, 6.07) is 7.17. The Bertz CT molecular complexity index is 239. The minimum atomic E-state index is -1.06. The van der Waals surface area contributed by atoms with Crippen molar-refractivity contribution < 1.29 is 4.39 Å². The SMILES string of the molecule is NCC(F)c1ccccc1Br. The highest BCUT2D eigenvalue weighted by Crippen LogP contribution is 2.24. The van der Waals surface area contributed by atoms with Gasteiger partial charge >= 0.3 is 0 Å². The van der Waals surface area contributed by atoms with Crippen molar-refractivity contribution in [2.24, 2.45) is 5.73 Å². The zero-order valence-electron chi connectivity index (χ0n) is 5.93. The lowest BCUT2D eigenvalue weighted by atomic mass is 10.1. The quantitative estimate of drug-likeness (QED) is 0.810. The summed E-state index contributed by atoms with van der Waals surface area (Å²) < 4.78 is 13.7. The predicted octanol–water partition coefficient (Wildman–Crippen LogP) is 2.42. The Morgan fingerprint density at radius 1 is 1.45 bits per heavy atom. The summed E-state index contributed by atoms with van der Waals surface area (Å²) in [6.07, 6.45) is -1.06. The smallest absolute Gasteiger partial charge is 0.138 e. The lowest BCUT2D eigenvalue weighted by Crippen LogP contribution is -2.07. The van der Waals surface area contributed by atoms with Crippen molar-refractivity contribution in [1.29, 1.82) is 0 Å². The highest BCUT2D eigenvalue weighted by molar-refractivity contribution is 9.10. The van der Waals surface area contributed by atoms with Crippen LogP contribution in [0.3, 0.4) is 0 Å². The van der Waals surface area contributed by atoms with Gasteiger partial charge in [-0.1, -0.05) is 34.1 Å². The van der Waals surface area contributed by atoms with Gasteiger partial charge < -0.3 is 5.73 Å². The Balaban J connectivity index is 2.93. The van der Waals surface area contributed by atoms with E-state index >= 15 is 0 Å². The Labute approximate surface area is 73.5 Å². The fraction of sp³-hybridized carbons (Fsp3) is 0.250. The molecule has 0 saturated carbocycles. The van der Waals surface area contributed by atoms with Crippen molar-refractivity contribution in [2.75, 3.05) is 6.54 Å². The highest BCUT2D eigenvalue weighted by atomic mass is 79.9. The van der Waals surface area contributed by atoms with Crippen LogP contribution in [-0.2, 0) is 0 Å². The maximum Gasteiger partial charge on any atom is 0.138 e. The van der Waals surface area contributed by atoms with Gasteiger partial charge in [-0.3, -0.25) is 0 Å². The van der Waals surface area contributed by atoms with Gasteiger partial charge in [0.25, 0.3) is 0 Å². The second kappa shape index (κ2) is 3.83. The van der Waals surface area contributed by atoms with Crippen molar-refractivity contribution in [2.45, 2.75) is 6.17 Å². The minimum Gasteiger partial charge on any atom is -0.327 e. The first-order valence-electron chi connectivity index (χ1n) is 3.34. The van der Waals surface area contributed by atoms with E-state index in [1.807, 2.05) is 6.07 Å². The van der Waals surface area contributed by atoms with Crippen molar-refractivity contribution in [3.05, 3.63) is 34.3 Å². The van der Waals surface area contributed by atoms with Crippen LogP contribution >= 0.6 is 15.9 Å². The number of alkyl halides is 1. The van der Waals surface area contributed by atoms with Crippen molar-refractivity contribution >= 4 is 15.9 Å². The molecule has 0 spiro atoms. The summed E-state index contributed by atoms with van der Waals surface area (Å²) >= 11 is 3.24. The van der Waals surface area contributed by atoms with Crippen LogP contribution in [0, 0.1) is 0 Å². The van der Waals surface area contributed by atoms with Crippen LogP contribution in [0.5, 0.6) is 0 Å². The average Bonchev–Trinajstić information content (AvgIpc) is 2.04. The average molecular weight is 218 g/mol. The molecule has 1 nitrogen and oxygen atoms in total. The molecule has 11 heavy (non-hydrogen) atoms. The summed E-state index contributed by atoms with van der Waals surface area (Å²) in [7, 11) is 0. The Kier molecular flexibility index (Phi) is 3.02. The predicted molar refractivity (Wildman–Crippen MR) is 47.0 cm³/mol. The first kappa shape index (κ1) is 8.68. The molecule has 1 aromatic carbocycles. The lowest BCUT2D eigenvalue weighted by molar-refractivity contribution is 0.351. The Morgan fingerprint density at radius 2 is 2.09 bits per heavy atom. The van der Waals surface area contributed by atoms with E-state index in [1.54, 1.807) is 18.2 Å². The Hall–Kier alpha value is -0.410. The van der Waals surface area contributed by atoms with E-state index in [1.165, 1.54) is 0 Å². The second-order valence-electron chi connectivity index (χ2n) is 2.22. The number of benzene rings is 1. The molecule has 0 heterocycles. The molecule has 0 fully saturated rings. The normalized spacial score (nSPS) is 13.0. The van der Waals surface area contributed by atoms with E-state index in [-0.39, 0.29) is 6.54 Å². The zero-order valence-corrected chi connectivity index (χ0v) is 7.51. The summed E-state index contributed by atoms with van der Waals surface area (Å²) in [5.74, 6) is 0. The molecule has 1 aromatic rings. The molecule has 0 aliphatic rings. The zero-order chi connectivity index (χ0) is 8.27. The van der Waals surface area contributed by atoms with Gasteiger partial charge in [0.05, 0.1) is 0 Å². The molecule has 0 aromatic heterocycles. The maximum atomic E-state index is 13.0. The third-order valence-corrected chi connectivity index (χ3v) is 2.17. The van der Waals surface area contributed by atoms with E-state index in [4.69, 9.17) is 5.73 Å². The molecular formula is C8H9BrFN. The molecule has 1 rings (SSSR count). The van der Waals surface area contributed by atoms with Crippen LogP contribution in [0.25, 0.3) is 0 Å². The Morgan fingerprint density at radius 3 is 2.64 bits per heavy atom. The molecule has 0 aliphatic heterocycles. The number of hydrogen-bond donors (Lipinski definition) is 1. The molecule has 0 bridgehead atoms. The molecule has 3 heteroatoms. The minimum absolute atomic E-state index is 0.0304. The van der Waals surface area contributed by atoms with E-state index in [2.05, 4.69) is 15.9 Å². The van der Waals surface area contributed by atoms with Gasteiger partial charge in [0.2, 0.25) is 0 Å². The van der Waals surface area contributed by atoms with Crippen LogP contribution in [0.1, 0.15) is 11.7 Å². The highest BCUT2D eigenvalue weighted by Gasteiger charge is 2.09. The first-order valence-corrected chi connectivity index (χ1v) is 4.13. The van der Waals surface area contributed by atoms with Crippen molar-refractivity contribution in [3.63, 3.8) is 0 Å². The molecule has 1 unspecified atom stereocenters. The van der Waals surface area contributed by atoms with Gasteiger partial charge in [0, 0.05) is 16.6 Å². The van der Waals surface area contributed by atoms with Gasteiger partial charge in [-0.25, -0.2) is 4.39 Å². The van der Waals surface area contributed by atoms with E-state index < -0.39 is 6.17 Å². The van der Waals surface area contributed by atoms with E-state index in [9.17, 15) is 4.39 Å². The molecule has 0 radical (unpaired) electrons. The summed E-state index contributed by atoms with van der Waals surface area (Å²) in [5, 5.41) is 0. The van der Waals surface area contributed by atoms with E-state index in [0.717, 1.165) is 4.47 Å². The topological polar surface area (TPSA) is 26.0 Å². The summed E-state index contributed by atoms with van der Waals surface area (Å²) in [6.45, 7) is 0.0304. The molecule has 0 aliphatic carbocycles. The van der Waals surface area contributed by atoms with Crippen molar-refractivity contribution in [1.82, 2.24) is 0 Å². The molecule has 1 atom stereocenters. The first-order chi connectivity index (χ1) is 5.25. The van der Waals surface area contributed by atoms with Gasteiger partial charge in [0.15, 0.2) is 0 Å². The maximum absolute atomic E-state index is 13.0.